The Bertz CT molecular complexity index is 83.4. The first-order chi connectivity index (χ1) is 3.85. The van der Waals surface area contributed by atoms with Crippen LogP contribution in [-0.4, -0.2) is 21.5 Å². The molecule has 1 atom stereocenters. The molecule has 0 aliphatic rings. The summed E-state index contributed by atoms with van der Waals surface area (Å²) < 4.78 is 0.614. The van der Waals surface area contributed by atoms with Gasteiger partial charge in [0.25, 0.3) is 0 Å². The van der Waals surface area contributed by atoms with E-state index < -0.39 is 0 Å². The van der Waals surface area contributed by atoms with Crippen LogP contribution in [-0.2, 0) is 0 Å². The van der Waals surface area contributed by atoms with E-state index in [1.54, 1.807) is 0 Å². The maximum absolute atomic E-state index is 2.42. The Morgan fingerprint density at radius 3 is 1.67 bits per heavy atom. The first-order valence-corrected chi connectivity index (χ1v) is 4.47. The molecule has 0 saturated heterocycles. The third-order valence-corrected chi connectivity index (χ3v) is 2.43. The van der Waals surface area contributed by atoms with Gasteiger partial charge in [-0.1, -0.05) is 22.6 Å². The van der Waals surface area contributed by atoms with Gasteiger partial charge in [0.1, 0.15) is 0 Å². The highest BCUT2D eigenvalue weighted by molar-refractivity contribution is 14.1. The molecule has 0 aromatic carbocycles. The molecule has 1 nitrogen and oxygen atoms in total. The Morgan fingerprint density at radius 1 is 1.33 bits per heavy atom. The van der Waals surface area contributed by atoms with Gasteiger partial charge in [-0.05, 0) is 34.7 Å². The molecule has 0 amide bonds. The average Bonchev–Trinajstić information content (AvgIpc) is 1.62. The summed E-state index contributed by atoms with van der Waals surface area (Å²) in [7, 11) is 2.15. The first kappa shape index (κ1) is 9.69. The maximum Gasteiger partial charge on any atom is 0.0591 e. The number of rotatable bonds is 1. The molecule has 0 aliphatic carbocycles. The Morgan fingerprint density at radius 2 is 1.67 bits per heavy atom. The molecular formula is C7H16IN. The Labute approximate surface area is 72.0 Å². The zero-order chi connectivity index (χ0) is 7.65. The number of halogens is 1. The van der Waals surface area contributed by atoms with E-state index in [0.717, 1.165) is 0 Å². The largest absolute Gasteiger partial charge is 0.290 e. The van der Waals surface area contributed by atoms with Crippen LogP contribution in [0.15, 0.2) is 0 Å². The molecule has 2 heteroatoms. The summed E-state index contributed by atoms with van der Waals surface area (Å²) in [6.07, 6.45) is 0. The van der Waals surface area contributed by atoms with Gasteiger partial charge in [0.15, 0.2) is 0 Å². The molecule has 0 spiro atoms. The van der Waals surface area contributed by atoms with Crippen molar-refractivity contribution in [3.8, 4) is 0 Å². The van der Waals surface area contributed by atoms with Crippen molar-refractivity contribution in [3.63, 3.8) is 0 Å². The molecule has 0 heterocycles. The lowest BCUT2D eigenvalue weighted by Gasteiger charge is -2.34. The smallest absolute Gasteiger partial charge is 0.0591 e. The van der Waals surface area contributed by atoms with E-state index in [1.165, 1.54) is 0 Å². The van der Waals surface area contributed by atoms with E-state index >= 15 is 0 Å². The Hall–Kier alpha value is 0.690. The molecule has 0 aromatic rings. The molecule has 0 unspecified atom stereocenters. The molecule has 0 aliphatic heterocycles. The Kier molecular flexibility index (Phi) is 3.44. The fraction of sp³-hybridized carbons (Fsp3) is 1.00. The van der Waals surface area contributed by atoms with Gasteiger partial charge in [-0.15, -0.1) is 0 Å². The van der Waals surface area contributed by atoms with Crippen LogP contribution in [0.1, 0.15) is 27.7 Å². The van der Waals surface area contributed by atoms with Crippen molar-refractivity contribution >= 4 is 22.6 Å². The number of hydrogen-bond acceptors (Lipinski definition) is 1. The van der Waals surface area contributed by atoms with Crippen LogP contribution in [0, 0.1) is 0 Å². The van der Waals surface area contributed by atoms with Crippen molar-refractivity contribution in [1.82, 2.24) is 4.90 Å². The van der Waals surface area contributed by atoms with Gasteiger partial charge in [-0.25, -0.2) is 0 Å². The highest BCUT2D eigenvalue weighted by Gasteiger charge is 2.19. The van der Waals surface area contributed by atoms with Gasteiger partial charge >= 0.3 is 0 Å². The van der Waals surface area contributed by atoms with Crippen LogP contribution in [0.4, 0.5) is 0 Å². The SMILES string of the molecule is C[C@@H](I)N(C)C(C)(C)C. The second-order valence-corrected chi connectivity index (χ2v) is 5.16. The lowest BCUT2D eigenvalue weighted by molar-refractivity contribution is 0.176. The fourth-order valence-electron chi connectivity index (χ4n) is 0.534. The van der Waals surface area contributed by atoms with Crippen LogP contribution < -0.4 is 0 Å². The van der Waals surface area contributed by atoms with Gasteiger partial charge in [-0.2, -0.15) is 0 Å². The van der Waals surface area contributed by atoms with Crippen LogP contribution in [0.5, 0.6) is 0 Å². The van der Waals surface area contributed by atoms with Gasteiger partial charge in [-0.3, -0.25) is 4.90 Å². The van der Waals surface area contributed by atoms with Crippen LogP contribution >= 0.6 is 22.6 Å². The van der Waals surface area contributed by atoms with Crippen molar-refractivity contribution in [2.75, 3.05) is 7.05 Å². The number of hydrogen-bond donors (Lipinski definition) is 0. The van der Waals surface area contributed by atoms with Crippen molar-refractivity contribution in [3.05, 3.63) is 0 Å². The van der Waals surface area contributed by atoms with Gasteiger partial charge < -0.3 is 0 Å². The molecular weight excluding hydrogens is 225 g/mol. The van der Waals surface area contributed by atoms with Crippen LogP contribution in [0.2, 0.25) is 0 Å². The second-order valence-electron chi connectivity index (χ2n) is 3.36. The molecule has 0 bridgehead atoms. The zero-order valence-corrected chi connectivity index (χ0v) is 9.06. The summed E-state index contributed by atoms with van der Waals surface area (Å²) in [5, 5.41) is 0. The van der Waals surface area contributed by atoms with Crippen molar-refractivity contribution in [1.29, 1.82) is 0 Å². The molecule has 0 saturated carbocycles. The lowest BCUT2D eigenvalue weighted by atomic mass is 10.1. The topological polar surface area (TPSA) is 3.24 Å². The van der Waals surface area contributed by atoms with Crippen molar-refractivity contribution in [2.45, 2.75) is 37.3 Å². The summed E-state index contributed by atoms with van der Waals surface area (Å²) in [6.45, 7) is 8.87. The van der Waals surface area contributed by atoms with Gasteiger partial charge in [0.2, 0.25) is 0 Å². The number of alkyl halides is 1. The van der Waals surface area contributed by atoms with Crippen molar-refractivity contribution < 1.29 is 0 Å². The minimum absolute atomic E-state index is 0.306. The number of nitrogens with zero attached hydrogens (tertiary/aromatic N) is 1. The summed E-state index contributed by atoms with van der Waals surface area (Å²) in [6, 6.07) is 0. The summed E-state index contributed by atoms with van der Waals surface area (Å²) in [5.74, 6) is 0. The maximum atomic E-state index is 2.42. The standard InChI is InChI=1S/C7H16IN/c1-6(8)9(5)7(2,3)4/h6H,1-5H3/t6-/m0/s1. The summed E-state index contributed by atoms with van der Waals surface area (Å²) in [5.41, 5.74) is 0.306. The third-order valence-electron chi connectivity index (χ3n) is 1.59. The molecule has 9 heavy (non-hydrogen) atoms. The van der Waals surface area contributed by atoms with E-state index in [9.17, 15) is 0 Å². The molecule has 0 radical (unpaired) electrons. The van der Waals surface area contributed by atoms with E-state index in [4.69, 9.17) is 0 Å². The quantitative estimate of drug-likeness (QED) is 0.387. The van der Waals surface area contributed by atoms with Gasteiger partial charge in [0, 0.05) is 5.54 Å². The highest BCUT2D eigenvalue weighted by Crippen LogP contribution is 2.17. The fourth-order valence-corrected chi connectivity index (χ4v) is 1.37. The van der Waals surface area contributed by atoms with E-state index in [0.29, 0.717) is 9.59 Å². The van der Waals surface area contributed by atoms with Gasteiger partial charge in [0.05, 0.1) is 4.05 Å². The second kappa shape index (κ2) is 3.19. The monoisotopic (exact) mass is 241 g/mol. The molecule has 0 aromatic heterocycles. The third kappa shape index (κ3) is 3.40. The minimum atomic E-state index is 0.306. The van der Waals surface area contributed by atoms with Crippen LogP contribution in [0.25, 0.3) is 0 Å². The summed E-state index contributed by atoms with van der Waals surface area (Å²) >= 11 is 2.42. The molecule has 0 fully saturated rings. The average molecular weight is 241 g/mol. The molecule has 0 rings (SSSR count). The van der Waals surface area contributed by atoms with Crippen molar-refractivity contribution in [2.24, 2.45) is 0 Å². The van der Waals surface area contributed by atoms with Crippen LogP contribution in [0.3, 0.4) is 0 Å². The normalized spacial score (nSPS) is 16.3. The molecule has 0 N–H and O–H groups in total. The predicted octanol–water partition coefficient (Wildman–Crippen LogP) is 2.50. The first-order valence-electron chi connectivity index (χ1n) is 3.22. The van der Waals surface area contributed by atoms with E-state index in [1.807, 2.05) is 0 Å². The zero-order valence-electron chi connectivity index (χ0n) is 6.90. The predicted molar refractivity (Wildman–Crippen MR) is 51.0 cm³/mol. The minimum Gasteiger partial charge on any atom is -0.290 e. The lowest BCUT2D eigenvalue weighted by Crippen LogP contribution is -2.41. The van der Waals surface area contributed by atoms with E-state index in [-0.39, 0.29) is 0 Å². The van der Waals surface area contributed by atoms with E-state index in [2.05, 4.69) is 62.2 Å². The molecule has 56 valence electrons. The summed E-state index contributed by atoms with van der Waals surface area (Å²) in [4.78, 5) is 2.34. The Balaban J connectivity index is 3.88. The highest BCUT2D eigenvalue weighted by atomic mass is 127.